The molecule has 37 heavy (non-hydrogen) atoms. The Kier molecular flexibility index (Phi) is 6.54. The molecule has 0 saturated carbocycles. The molecule has 2 aromatic carbocycles. The summed E-state index contributed by atoms with van der Waals surface area (Å²) in [7, 11) is 0. The number of carboxylic acid groups (broad SMARTS) is 1. The molecule has 0 bridgehead atoms. The highest BCUT2D eigenvalue weighted by molar-refractivity contribution is 7.17. The zero-order valence-electron chi connectivity index (χ0n) is 20.2. The van der Waals surface area contributed by atoms with E-state index in [1.807, 2.05) is 42.5 Å². The number of fused-ring (bicyclic) bond motifs is 1. The fourth-order valence-electron chi connectivity index (χ4n) is 4.42. The number of carboxylic acids is 1. The first kappa shape index (κ1) is 24.3. The van der Waals surface area contributed by atoms with E-state index in [2.05, 4.69) is 15.3 Å². The van der Waals surface area contributed by atoms with Gasteiger partial charge in [-0.15, -0.1) is 11.3 Å². The molecular formula is C28H24N4O4S. The van der Waals surface area contributed by atoms with Crippen LogP contribution in [0.4, 0.5) is 5.69 Å². The zero-order chi connectivity index (χ0) is 26.1. The van der Waals surface area contributed by atoms with E-state index in [4.69, 9.17) is 0 Å². The lowest BCUT2D eigenvalue weighted by molar-refractivity contribution is -0.144. The summed E-state index contributed by atoms with van der Waals surface area (Å²) >= 11 is 1.31. The second-order valence-electron chi connectivity index (χ2n) is 9.11. The molecule has 2 N–H and O–H groups in total. The monoisotopic (exact) mass is 512 g/mol. The predicted octanol–water partition coefficient (Wildman–Crippen LogP) is 5.19. The number of pyridine rings is 1. The van der Waals surface area contributed by atoms with Crippen molar-refractivity contribution in [2.45, 2.75) is 26.4 Å². The number of aromatic nitrogens is 2. The molecule has 0 saturated heterocycles. The number of aliphatic carboxylic acids is 1. The van der Waals surface area contributed by atoms with E-state index in [1.165, 1.54) is 16.2 Å². The van der Waals surface area contributed by atoms with E-state index < -0.39 is 12.0 Å². The second kappa shape index (κ2) is 9.94. The maximum absolute atomic E-state index is 13.0. The second-order valence-corrected chi connectivity index (χ2v) is 10.1. The van der Waals surface area contributed by atoms with Crippen molar-refractivity contribution in [3.63, 3.8) is 0 Å². The maximum atomic E-state index is 13.0. The normalized spacial score (nSPS) is 13.5. The summed E-state index contributed by atoms with van der Waals surface area (Å²) in [5.41, 5.74) is 4.17. The minimum Gasteiger partial charge on any atom is -0.480 e. The summed E-state index contributed by atoms with van der Waals surface area (Å²) in [5.74, 6) is -1.83. The topological polar surface area (TPSA) is 112 Å². The van der Waals surface area contributed by atoms with Crippen LogP contribution < -0.4 is 5.32 Å². The minimum atomic E-state index is -1.01. The average Bonchev–Trinajstić information content (AvgIpc) is 3.50. The van der Waals surface area contributed by atoms with Crippen molar-refractivity contribution >= 4 is 34.8 Å². The van der Waals surface area contributed by atoms with Gasteiger partial charge in [0.15, 0.2) is 5.01 Å². The lowest BCUT2D eigenvalue weighted by Gasteiger charge is -2.27. The lowest BCUT2D eigenvalue weighted by Crippen LogP contribution is -2.44. The van der Waals surface area contributed by atoms with Gasteiger partial charge < -0.3 is 15.3 Å². The largest absolute Gasteiger partial charge is 0.480 e. The highest BCUT2D eigenvalue weighted by Crippen LogP contribution is 2.31. The molecule has 0 fully saturated rings. The van der Waals surface area contributed by atoms with Crippen molar-refractivity contribution in [3.8, 4) is 21.7 Å². The lowest BCUT2D eigenvalue weighted by atomic mass is 10.0. The Balaban J connectivity index is 1.29. The van der Waals surface area contributed by atoms with Gasteiger partial charge >= 0.3 is 5.97 Å². The first-order chi connectivity index (χ1) is 17.8. The summed E-state index contributed by atoms with van der Waals surface area (Å²) in [4.78, 5) is 48.5. The van der Waals surface area contributed by atoms with E-state index in [-0.39, 0.29) is 24.3 Å². The van der Waals surface area contributed by atoms with Crippen molar-refractivity contribution < 1.29 is 19.5 Å². The molecule has 4 aromatic rings. The van der Waals surface area contributed by atoms with Crippen LogP contribution in [0.3, 0.4) is 0 Å². The maximum Gasteiger partial charge on any atom is 0.326 e. The van der Waals surface area contributed by atoms with Gasteiger partial charge in [0.05, 0.1) is 22.5 Å². The fourth-order valence-corrected chi connectivity index (χ4v) is 5.24. The molecule has 0 radical (unpaired) electrons. The number of hydrogen-bond donors (Lipinski definition) is 2. The Morgan fingerprint density at radius 2 is 1.78 bits per heavy atom. The van der Waals surface area contributed by atoms with Gasteiger partial charge in [0.2, 0.25) is 0 Å². The molecule has 0 spiro atoms. The smallest absolute Gasteiger partial charge is 0.326 e. The Bertz CT molecular complexity index is 1480. The van der Waals surface area contributed by atoms with Crippen LogP contribution in [0.5, 0.6) is 0 Å². The number of nitrogens with zero attached hydrogens (tertiary/aromatic N) is 3. The SMILES string of the molecule is CC(C)[C@@H](C(=O)O)N1Cc2ccc(-c3ccc(NC(=O)c4ncc(-c5ccccc5)s4)cn3)cc2C1=O. The molecule has 8 nitrogen and oxygen atoms in total. The molecule has 0 unspecified atom stereocenters. The van der Waals surface area contributed by atoms with Crippen molar-refractivity contribution in [1.29, 1.82) is 0 Å². The van der Waals surface area contributed by atoms with Crippen molar-refractivity contribution in [2.75, 3.05) is 5.32 Å². The van der Waals surface area contributed by atoms with E-state index in [1.54, 1.807) is 44.4 Å². The number of thiazole rings is 1. The highest BCUT2D eigenvalue weighted by Gasteiger charge is 2.38. The molecule has 1 aliphatic rings. The molecular weight excluding hydrogens is 488 g/mol. The molecule has 0 aliphatic carbocycles. The van der Waals surface area contributed by atoms with E-state index in [0.717, 1.165) is 21.6 Å². The van der Waals surface area contributed by atoms with E-state index >= 15 is 0 Å². The van der Waals surface area contributed by atoms with Crippen LogP contribution in [0, 0.1) is 5.92 Å². The number of anilines is 1. The van der Waals surface area contributed by atoms with Crippen LogP contribution in [-0.4, -0.2) is 43.8 Å². The van der Waals surface area contributed by atoms with Crippen LogP contribution in [0.15, 0.2) is 73.1 Å². The predicted molar refractivity (Wildman–Crippen MR) is 141 cm³/mol. The van der Waals surface area contributed by atoms with Gasteiger partial charge in [-0.2, -0.15) is 0 Å². The van der Waals surface area contributed by atoms with Gasteiger partial charge in [-0.25, -0.2) is 9.78 Å². The quantitative estimate of drug-likeness (QED) is 0.352. The summed E-state index contributed by atoms with van der Waals surface area (Å²) in [6.45, 7) is 3.85. The van der Waals surface area contributed by atoms with E-state index in [9.17, 15) is 19.5 Å². The van der Waals surface area contributed by atoms with Crippen LogP contribution in [0.25, 0.3) is 21.7 Å². The molecule has 1 aliphatic heterocycles. The van der Waals surface area contributed by atoms with Gasteiger partial charge in [0.1, 0.15) is 6.04 Å². The fraction of sp³-hybridized carbons (Fsp3) is 0.179. The molecule has 5 rings (SSSR count). The molecule has 2 aromatic heterocycles. The van der Waals surface area contributed by atoms with Crippen molar-refractivity contribution in [3.05, 3.63) is 89.2 Å². The van der Waals surface area contributed by atoms with Crippen LogP contribution >= 0.6 is 11.3 Å². The molecule has 1 atom stereocenters. The van der Waals surface area contributed by atoms with Crippen LogP contribution in [0.1, 0.15) is 39.6 Å². The summed E-state index contributed by atoms with van der Waals surface area (Å²) in [6.07, 6.45) is 3.24. The van der Waals surface area contributed by atoms with Gasteiger partial charge in [-0.1, -0.05) is 56.3 Å². The molecule has 186 valence electrons. The first-order valence-electron chi connectivity index (χ1n) is 11.8. The average molecular weight is 513 g/mol. The van der Waals surface area contributed by atoms with Crippen molar-refractivity contribution in [1.82, 2.24) is 14.9 Å². The summed E-state index contributed by atoms with van der Waals surface area (Å²) in [5, 5.41) is 12.8. The standard InChI is InChI=1S/C28H24N4O4S/c1-16(2)24(28(35)36)32-15-19-9-8-18(12-21(19)27(32)34)22-11-10-20(13-29-22)31-25(33)26-30-14-23(37-26)17-6-4-3-5-7-17/h3-14,16,24H,15H2,1-2H3,(H,31,33)(H,35,36)/t24-/m0/s1. The third kappa shape index (κ3) is 4.85. The minimum absolute atomic E-state index is 0.214. The summed E-state index contributed by atoms with van der Waals surface area (Å²) < 4.78 is 0. The Hall–Kier alpha value is -4.37. The number of rotatable bonds is 7. The molecule has 3 heterocycles. The van der Waals surface area contributed by atoms with Gasteiger partial charge in [0, 0.05) is 23.9 Å². The van der Waals surface area contributed by atoms with Crippen LogP contribution in [0.2, 0.25) is 0 Å². The third-order valence-corrected chi connectivity index (χ3v) is 7.28. The van der Waals surface area contributed by atoms with Crippen molar-refractivity contribution in [2.24, 2.45) is 5.92 Å². The number of hydrogen-bond acceptors (Lipinski definition) is 6. The molecule has 2 amide bonds. The van der Waals surface area contributed by atoms with Gasteiger partial charge in [0.25, 0.3) is 11.8 Å². The zero-order valence-corrected chi connectivity index (χ0v) is 21.0. The van der Waals surface area contributed by atoms with Gasteiger partial charge in [-0.3, -0.25) is 14.6 Å². The highest BCUT2D eigenvalue weighted by atomic mass is 32.1. The number of amides is 2. The number of carbonyl (C=O) groups is 3. The van der Waals surface area contributed by atoms with Gasteiger partial charge in [-0.05, 0) is 35.2 Å². The van der Waals surface area contributed by atoms with E-state index in [0.29, 0.717) is 22.0 Å². The summed E-state index contributed by atoms with van der Waals surface area (Å²) in [6, 6.07) is 17.8. The molecule has 9 heteroatoms. The number of carbonyl (C=O) groups excluding carboxylic acids is 2. The Morgan fingerprint density at radius 3 is 2.46 bits per heavy atom. The first-order valence-corrected chi connectivity index (χ1v) is 12.6. The third-order valence-electron chi connectivity index (χ3n) is 6.24. The Morgan fingerprint density at radius 1 is 1.00 bits per heavy atom. The number of nitrogens with one attached hydrogen (secondary N) is 1. The van der Waals surface area contributed by atoms with Crippen LogP contribution in [-0.2, 0) is 11.3 Å². The number of benzene rings is 2. The Labute approximate surface area is 217 Å².